The fourth-order valence-corrected chi connectivity index (χ4v) is 2.84. The molecule has 5 nitrogen and oxygen atoms in total. The number of aryl methyl sites for hydroxylation is 2. The van der Waals surface area contributed by atoms with E-state index in [4.69, 9.17) is 4.52 Å². The minimum absolute atomic E-state index is 0.00533. The monoisotopic (exact) mass is 285 g/mol. The average molecular weight is 285 g/mol. The third kappa shape index (κ3) is 2.63. The number of para-hydroxylation sites is 1. The van der Waals surface area contributed by atoms with E-state index >= 15 is 0 Å². The van der Waals surface area contributed by atoms with Gasteiger partial charge in [0.15, 0.2) is 5.76 Å². The van der Waals surface area contributed by atoms with Crippen LogP contribution in [0.15, 0.2) is 34.9 Å². The SMILES string of the molecule is Cc1noc(C)c1NC(=O)C1CCCN1c1ccccc1. The zero-order valence-electron chi connectivity index (χ0n) is 12.3. The first kappa shape index (κ1) is 13.7. The lowest BCUT2D eigenvalue weighted by Crippen LogP contribution is -2.39. The molecule has 1 aromatic carbocycles. The molecule has 110 valence electrons. The molecule has 0 spiro atoms. The summed E-state index contributed by atoms with van der Waals surface area (Å²) >= 11 is 0. The van der Waals surface area contributed by atoms with Crippen LogP contribution in [0.5, 0.6) is 0 Å². The lowest BCUT2D eigenvalue weighted by atomic mass is 10.2. The van der Waals surface area contributed by atoms with Crippen LogP contribution in [0.2, 0.25) is 0 Å². The second kappa shape index (κ2) is 5.60. The summed E-state index contributed by atoms with van der Waals surface area (Å²) in [7, 11) is 0. The lowest BCUT2D eigenvalue weighted by molar-refractivity contribution is -0.117. The van der Waals surface area contributed by atoms with Gasteiger partial charge in [0.05, 0.1) is 0 Å². The molecule has 0 bridgehead atoms. The smallest absolute Gasteiger partial charge is 0.247 e. The summed E-state index contributed by atoms with van der Waals surface area (Å²) < 4.78 is 5.09. The van der Waals surface area contributed by atoms with Gasteiger partial charge in [0.25, 0.3) is 0 Å². The normalized spacial score (nSPS) is 18.0. The maximum Gasteiger partial charge on any atom is 0.247 e. The molecule has 21 heavy (non-hydrogen) atoms. The van der Waals surface area contributed by atoms with E-state index in [1.807, 2.05) is 37.3 Å². The number of hydrogen-bond acceptors (Lipinski definition) is 4. The highest BCUT2D eigenvalue weighted by molar-refractivity contribution is 5.98. The number of amides is 1. The van der Waals surface area contributed by atoms with Crippen molar-refractivity contribution < 1.29 is 9.32 Å². The first-order chi connectivity index (χ1) is 10.2. The van der Waals surface area contributed by atoms with Gasteiger partial charge in [-0.25, -0.2) is 0 Å². The standard InChI is InChI=1S/C16H19N3O2/c1-11-15(12(2)21-18-11)17-16(20)14-9-6-10-19(14)13-7-4-3-5-8-13/h3-5,7-8,14H,6,9-10H2,1-2H3,(H,17,20). The van der Waals surface area contributed by atoms with Crippen LogP contribution in [0.4, 0.5) is 11.4 Å². The molecule has 1 atom stereocenters. The van der Waals surface area contributed by atoms with Crippen LogP contribution in [-0.4, -0.2) is 23.7 Å². The molecular weight excluding hydrogens is 266 g/mol. The first-order valence-electron chi connectivity index (χ1n) is 7.22. The molecule has 0 saturated carbocycles. The molecule has 1 saturated heterocycles. The Hall–Kier alpha value is -2.30. The number of aromatic nitrogens is 1. The van der Waals surface area contributed by atoms with Crippen LogP contribution in [0.25, 0.3) is 0 Å². The van der Waals surface area contributed by atoms with Gasteiger partial charge in [-0.2, -0.15) is 0 Å². The minimum Gasteiger partial charge on any atom is -0.360 e. The quantitative estimate of drug-likeness (QED) is 0.942. The number of carbonyl (C=O) groups excluding carboxylic acids is 1. The van der Waals surface area contributed by atoms with Crippen molar-refractivity contribution >= 4 is 17.3 Å². The van der Waals surface area contributed by atoms with E-state index in [-0.39, 0.29) is 11.9 Å². The van der Waals surface area contributed by atoms with E-state index in [1.165, 1.54) is 0 Å². The summed E-state index contributed by atoms with van der Waals surface area (Å²) in [6.07, 6.45) is 1.89. The van der Waals surface area contributed by atoms with Crippen molar-refractivity contribution in [1.82, 2.24) is 5.16 Å². The number of nitrogens with zero attached hydrogens (tertiary/aromatic N) is 2. The molecular formula is C16H19N3O2. The van der Waals surface area contributed by atoms with Crippen LogP contribution >= 0.6 is 0 Å². The van der Waals surface area contributed by atoms with Gasteiger partial charge < -0.3 is 14.7 Å². The number of nitrogens with one attached hydrogen (secondary N) is 1. The van der Waals surface area contributed by atoms with Gasteiger partial charge in [-0.15, -0.1) is 0 Å². The van der Waals surface area contributed by atoms with Crippen molar-refractivity contribution in [2.75, 3.05) is 16.8 Å². The Bertz CT molecular complexity index is 617. The van der Waals surface area contributed by atoms with Crippen molar-refractivity contribution in [1.29, 1.82) is 0 Å². The number of hydrogen-bond donors (Lipinski definition) is 1. The molecule has 3 rings (SSSR count). The second-order valence-electron chi connectivity index (χ2n) is 5.38. The maximum atomic E-state index is 12.6. The largest absolute Gasteiger partial charge is 0.360 e. The highest BCUT2D eigenvalue weighted by atomic mass is 16.5. The molecule has 2 aromatic rings. The second-order valence-corrected chi connectivity index (χ2v) is 5.38. The van der Waals surface area contributed by atoms with E-state index in [0.29, 0.717) is 17.1 Å². The molecule has 1 aliphatic heterocycles. The van der Waals surface area contributed by atoms with Gasteiger partial charge in [0.2, 0.25) is 5.91 Å². The molecule has 1 fully saturated rings. The van der Waals surface area contributed by atoms with Gasteiger partial charge in [0.1, 0.15) is 17.4 Å². The summed E-state index contributed by atoms with van der Waals surface area (Å²) in [6.45, 7) is 4.54. The Morgan fingerprint density at radius 3 is 2.76 bits per heavy atom. The molecule has 1 unspecified atom stereocenters. The zero-order valence-corrected chi connectivity index (χ0v) is 12.3. The summed E-state index contributed by atoms with van der Waals surface area (Å²) in [5.74, 6) is 0.649. The van der Waals surface area contributed by atoms with Crippen molar-refractivity contribution in [3.05, 3.63) is 41.8 Å². The van der Waals surface area contributed by atoms with Crippen molar-refractivity contribution in [3.8, 4) is 0 Å². The topological polar surface area (TPSA) is 58.4 Å². The first-order valence-corrected chi connectivity index (χ1v) is 7.22. The van der Waals surface area contributed by atoms with Crippen molar-refractivity contribution in [3.63, 3.8) is 0 Å². The highest BCUT2D eigenvalue weighted by Gasteiger charge is 2.31. The number of anilines is 2. The Kier molecular flexibility index (Phi) is 3.64. The third-order valence-corrected chi connectivity index (χ3v) is 3.92. The highest BCUT2D eigenvalue weighted by Crippen LogP contribution is 2.27. The molecule has 1 amide bonds. The van der Waals surface area contributed by atoms with E-state index in [1.54, 1.807) is 6.92 Å². The van der Waals surface area contributed by atoms with Crippen molar-refractivity contribution in [2.24, 2.45) is 0 Å². The summed E-state index contributed by atoms with van der Waals surface area (Å²) in [5.41, 5.74) is 2.50. The number of carbonyl (C=O) groups is 1. The van der Waals surface area contributed by atoms with Gasteiger partial charge in [0, 0.05) is 12.2 Å². The minimum atomic E-state index is -0.138. The summed E-state index contributed by atoms with van der Waals surface area (Å²) in [4.78, 5) is 14.7. The van der Waals surface area contributed by atoms with Crippen LogP contribution in [0.3, 0.4) is 0 Å². The van der Waals surface area contributed by atoms with E-state index in [0.717, 1.165) is 25.1 Å². The third-order valence-electron chi connectivity index (χ3n) is 3.92. The molecule has 1 N–H and O–H groups in total. The van der Waals surface area contributed by atoms with Gasteiger partial charge in [-0.1, -0.05) is 23.4 Å². The predicted octanol–water partition coefficient (Wildman–Crippen LogP) is 2.90. The van der Waals surface area contributed by atoms with Crippen LogP contribution in [0, 0.1) is 13.8 Å². The molecule has 2 heterocycles. The Labute approximate surface area is 123 Å². The zero-order chi connectivity index (χ0) is 14.8. The summed E-state index contributed by atoms with van der Waals surface area (Å²) in [5, 5.41) is 6.83. The number of benzene rings is 1. The van der Waals surface area contributed by atoms with Crippen molar-refractivity contribution in [2.45, 2.75) is 32.7 Å². The Morgan fingerprint density at radius 1 is 1.33 bits per heavy atom. The van der Waals surface area contributed by atoms with E-state index < -0.39 is 0 Å². The molecule has 5 heteroatoms. The van der Waals surface area contributed by atoms with Gasteiger partial charge in [-0.05, 0) is 38.8 Å². The Morgan fingerprint density at radius 2 is 2.10 bits per heavy atom. The summed E-state index contributed by atoms with van der Waals surface area (Å²) in [6, 6.07) is 9.93. The van der Waals surface area contributed by atoms with Crippen LogP contribution < -0.4 is 10.2 Å². The van der Waals surface area contributed by atoms with E-state index in [2.05, 4.69) is 15.4 Å². The van der Waals surface area contributed by atoms with E-state index in [9.17, 15) is 4.79 Å². The lowest BCUT2D eigenvalue weighted by Gasteiger charge is -2.25. The molecule has 0 radical (unpaired) electrons. The molecule has 0 aliphatic carbocycles. The maximum absolute atomic E-state index is 12.6. The van der Waals surface area contributed by atoms with Crippen LogP contribution in [0.1, 0.15) is 24.3 Å². The molecule has 1 aromatic heterocycles. The fraction of sp³-hybridized carbons (Fsp3) is 0.375. The predicted molar refractivity (Wildman–Crippen MR) is 81.4 cm³/mol. The average Bonchev–Trinajstić information content (AvgIpc) is 3.10. The van der Waals surface area contributed by atoms with Gasteiger partial charge in [-0.3, -0.25) is 4.79 Å². The Balaban J connectivity index is 1.78. The van der Waals surface area contributed by atoms with Crippen LogP contribution in [-0.2, 0) is 4.79 Å². The molecule has 1 aliphatic rings. The van der Waals surface area contributed by atoms with Gasteiger partial charge >= 0.3 is 0 Å². The number of rotatable bonds is 3. The fourth-order valence-electron chi connectivity index (χ4n) is 2.84.